The molecule has 29 heavy (non-hydrogen) atoms. The van der Waals surface area contributed by atoms with Gasteiger partial charge in [0.1, 0.15) is 0 Å². The molecule has 2 amide bonds. The maximum Gasteiger partial charge on any atom is 0.229 e. The maximum atomic E-state index is 12.7. The molecule has 0 radical (unpaired) electrons. The highest BCUT2D eigenvalue weighted by Crippen LogP contribution is 2.29. The van der Waals surface area contributed by atoms with Crippen molar-refractivity contribution >= 4 is 34.8 Å². The Morgan fingerprint density at radius 3 is 2.83 bits per heavy atom. The van der Waals surface area contributed by atoms with Crippen molar-refractivity contribution in [1.29, 1.82) is 0 Å². The topological polar surface area (TPSA) is 88.3 Å². The minimum atomic E-state index is -0.447. The number of hydrogen-bond acceptors (Lipinski definition) is 5. The Morgan fingerprint density at radius 1 is 1.24 bits per heavy atom. The van der Waals surface area contributed by atoms with Gasteiger partial charge in [-0.15, -0.1) is 0 Å². The molecule has 7 nitrogen and oxygen atoms in total. The van der Waals surface area contributed by atoms with Gasteiger partial charge in [0, 0.05) is 41.9 Å². The average molecular weight is 411 g/mol. The summed E-state index contributed by atoms with van der Waals surface area (Å²) < 4.78 is 5.02. The molecule has 1 aliphatic rings. The van der Waals surface area contributed by atoms with Crippen LogP contribution in [0.15, 0.2) is 47.0 Å². The van der Waals surface area contributed by atoms with Gasteiger partial charge in [-0.3, -0.25) is 9.59 Å². The Bertz CT molecular complexity index is 1100. The lowest BCUT2D eigenvalue weighted by molar-refractivity contribution is -0.122. The fourth-order valence-corrected chi connectivity index (χ4v) is 3.50. The number of rotatable bonds is 4. The summed E-state index contributed by atoms with van der Waals surface area (Å²) in [7, 11) is 0. The van der Waals surface area contributed by atoms with Crippen LogP contribution in [0.1, 0.15) is 17.9 Å². The summed E-state index contributed by atoms with van der Waals surface area (Å²) >= 11 is 6.02. The first-order valence-corrected chi connectivity index (χ1v) is 9.56. The van der Waals surface area contributed by atoms with Gasteiger partial charge < -0.3 is 14.7 Å². The van der Waals surface area contributed by atoms with Crippen LogP contribution in [0.2, 0.25) is 5.02 Å². The number of aromatic nitrogens is 2. The summed E-state index contributed by atoms with van der Waals surface area (Å²) in [6, 6.07) is 12.6. The Labute approximate surface area is 172 Å². The second-order valence-electron chi connectivity index (χ2n) is 7.04. The van der Waals surface area contributed by atoms with E-state index in [9.17, 15) is 9.59 Å². The number of nitrogens with zero attached hydrogens (tertiary/aromatic N) is 3. The number of amides is 2. The van der Waals surface area contributed by atoms with Crippen molar-refractivity contribution in [3.8, 4) is 11.4 Å². The standard InChI is InChI=1S/C21H19ClN4O3/c1-12-6-7-16(22)10-18(12)24-21(28)15-9-19(27)26(11-15)17-5-3-4-14(8-17)20-23-13(2)29-25-20/h3-8,10,15H,9,11H2,1-2H3,(H,24,28)/t15-/m0/s1. The molecule has 1 N–H and O–H groups in total. The molecule has 0 saturated carbocycles. The van der Waals surface area contributed by atoms with E-state index in [0.29, 0.717) is 34.7 Å². The van der Waals surface area contributed by atoms with Crippen LogP contribution in [0, 0.1) is 19.8 Å². The predicted molar refractivity (Wildman–Crippen MR) is 110 cm³/mol. The van der Waals surface area contributed by atoms with Gasteiger partial charge in [0.2, 0.25) is 23.5 Å². The third-order valence-electron chi connectivity index (χ3n) is 4.90. The second-order valence-corrected chi connectivity index (χ2v) is 7.48. The maximum absolute atomic E-state index is 12.7. The summed E-state index contributed by atoms with van der Waals surface area (Å²) in [5.41, 5.74) is 3.01. The normalized spacial score (nSPS) is 16.3. The SMILES string of the molecule is Cc1nc(-c2cccc(N3C[C@@H](C(=O)Nc4cc(Cl)ccc4C)CC3=O)c2)no1. The van der Waals surface area contributed by atoms with E-state index in [1.165, 1.54) is 0 Å². The molecule has 0 aliphatic carbocycles. The summed E-state index contributed by atoms with van der Waals surface area (Å²) in [5.74, 6) is 0.181. The Hall–Kier alpha value is -3.19. The lowest BCUT2D eigenvalue weighted by Crippen LogP contribution is -2.28. The molecule has 2 heterocycles. The molecular formula is C21H19ClN4O3. The molecule has 1 saturated heterocycles. The zero-order valence-corrected chi connectivity index (χ0v) is 16.7. The van der Waals surface area contributed by atoms with Gasteiger partial charge in [0.15, 0.2) is 0 Å². The molecule has 1 atom stereocenters. The summed E-state index contributed by atoms with van der Waals surface area (Å²) in [5, 5.41) is 7.35. The quantitative estimate of drug-likeness (QED) is 0.702. The second kappa shape index (κ2) is 7.67. The smallest absolute Gasteiger partial charge is 0.229 e. The van der Waals surface area contributed by atoms with Gasteiger partial charge in [-0.05, 0) is 36.8 Å². The lowest BCUT2D eigenvalue weighted by atomic mass is 10.1. The Balaban J connectivity index is 1.51. The summed E-state index contributed by atoms with van der Waals surface area (Å²) in [6.07, 6.45) is 0.150. The summed E-state index contributed by atoms with van der Waals surface area (Å²) in [4.78, 5) is 31.1. The van der Waals surface area contributed by atoms with Crippen LogP contribution in [0.5, 0.6) is 0 Å². The number of anilines is 2. The minimum absolute atomic E-state index is 0.102. The molecule has 1 aromatic heterocycles. The van der Waals surface area contributed by atoms with Crippen molar-refractivity contribution in [2.75, 3.05) is 16.8 Å². The van der Waals surface area contributed by atoms with E-state index >= 15 is 0 Å². The zero-order chi connectivity index (χ0) is 20.5. The number of hydrogen-bond donors (Lipinski definition) is 1. The van der Waals surface area contributed by atoms with E-state index in [4.69, 9.17) is 16.1 Å². The van der Waals surface area contributed by atoms with Gasteiger partial charge in [0.25, 0.3) is 0 Å². The van der Waals surface area contributed by atoms with Gasteiger partial charge >= 0.3 is 0 Å². The van der Waals surface area contributed by atoms with Crippen molar-refractivity contribution in [3.05, 3.63) is 58.9 Å². The predicted octanol–water partition coefficient (Wildman–Crippen LogP) is 4.00. The molecule has 3 aromatic rings. The number of benzene rings is 2. The molecule has 0 spiro atoms. The third kappa shape index (κ3) is 4.00. The lowest BCUT2D eigenvalue weighted by Gasteiger charge is -2.17. The molecule has 4 rings (SSSR count). The highest BCUT2D eigenvalue weighted by Gasteiger charge is 2.35. The number of carbonyl (C=O) groups is 2. The number of carbonyl (C=O) groups excluding carboxylic acids is 2. The highest BCUT2D eigenvalue weighted by molar-refractivity contribution is 6.31. The fraction of sp³-hybridized carbons (Fsp3) is 0.238. The number of aryl methyl sites for hydroxylation is 2. The molecule has 1 fully saturated rings. The first-order chi connectivity index (χ1) is 13.9. The van der Waals surface area contributed by atoms with E-state index in [0.717, 1.165) is 11.1 Å². The molecular weight excluding hydrogens is 392 g/mol. The Morgan fingerprint density at radius 2 is 2.07 bits per heavy atom. The van der Waals surface area contributed by atoms with Crippen LogP contribution in [0.3, 0.4) is 0 Å². The first-order valence-electron chi connectivity index (χ1n) is 9.19. The van der Waals surface area contributed by atoms with Gasteiger partial charge in [-0.25, -0.2) is 0 Å². The largest absolute Gasteiger partial charge is 0.339 e. The van der Waals surface area contributed by atoms with Crippen LogP contribution < -0.4 is 10.2 Å². The minimum Gasteiger partial charge on any atom is -0.339 e. The van der Waals surface area contributed by atoms with Crippen LogP contribution >= 0.6 is 11.6 Å². The van der Waals surface area contributed by atoms with Crippen molar-refractivity contribution in [3.63, 3.8) is 0 Å². The van der Waals surface area contributed by atoms with Crippen molar-refractivity contribution in [2.45, 2.75) is 20.3 Å². The van der Waals surface area contributed by atoms with E-state index in [2.05, 4.69) is 15.5 Å². The first kappa shape index (κ1) is 19.1. The molecule has 0 bridgehead atoms. The molecule has 1 aliphatic heterocycles. The number of nitrogens with one attached hydrogen (secondary N) is 1. The molecule has 8 heteroatoms. The Kier molecular flexibility index (Phi) is 5.07. The highest BCUT2D eigenvalue weighted by atomic mass is 35.5. The molecule has 2 aromatic carbocycles. The van der Waals surface area contributed by atoms with E-state index in [1.807, 2.05) is 37.3 Å². The van der Waals surface area contributed by atoms with Gasteiger partial charge in [-0.1, -0.05) is 35.0 Å². The van der Waals surface area contributed by atoms with Crippen molar-refractivity contribution in [1.82, 2.24) is 10.1 Å². The van der Waals surface area contributed by atoms with Crippen molar-refractivity contribution in [2.24, 2.45) is 5.92 Å². The number of halogens is 1. The monoisotopic (exact) mass is 410 g/mol. The molecule has 148 valence electrons. The van der Waals surface area contributed by atoms with Gasteiger partial charge in [0.05, 0.1) is 5.92 Å². The summed E-state index contributed by atoms with van der Waals surface area (Å²) in [6.45, 7) is 3.91. The zero-order valence-electron chi connectivity index (χ0n) is 16.0. The molecule has 0 unspecified atom stereocenters. The van der Waals surface area contributed by atoms with Crippen LogP contribution in [0.4, 0.5) is 11.4 Å². The van der Waals surface area contributed by atoms with Crippen LogP contribution in [-0.2, 0) is 9.59 Å². The van der Waals surface area contributed by atoms with E-state index < -0.39 is 5.92 Å². The van der Waals surface area contributed by atoms with E-state index in [1.54, 1.807) is 24.0 Å². The average Bonchev–Trinajstić information content (AvgIpc) is 3.31. The van der Waals surface area contributed by atoms with Gasteiger partial charge in [-0.2, -0.15) is 4.98 Å². The van der Waals surface area contributed by atoms with Crippen LogP contribution in [-0.4, -0.2) is 28.5 Å². The third-order valence-corrected chi connectivity index (χ3v) is 5.13. The van der Waals surface area contributed by atoms with E-state index in [-0.39, 0.29) is 18.2 Å². The van der Waals surface area contributed by atoms with Crippen molar-refractivity contribution < 1.29 is 14.1 Å². The fourth-order valence-electron chi connectivity index (χ4n) is 3.33. The van der Waals surface area contributed by atoms with Crippen LogP contribution in [0.25, 0.3) is 11.4 Å².